The summed E-state index contributed by atoms with van der Waals surface area (Å²) in [6, 6.07) is 0.638. The molecule has 3 heteroatoms. The minimum Gasteiger partial charge on any atom is -0.353 e. The van der Waals surface area contributed by atoms with Crippen LogP contribution in [-0.4, -0.2) is 18.0 Å². The van der Waals surface area contributed by atoms with Crippen LogP contribution in [0.3, 0.4) is 0 Å². The molecular weight excluding hydrogens is 224 g/mol. The summed E-state index contributed by atoms with van der Waals surface area (Å²) in [5.74, 6) is 0.342. The third kappa shape index (κ3) is 5.38. The first-order valence-electron chi connectivity index (χ1n) is 7.36. The Morgan fingerprint density at radius 3 is 2.56 bits per heavy atom. The Hall–Kier alpha value is -0.570. The van der Waals surface area contributed by atoms with Gasteiger partial charge in [-0.2, -0.15) is 0 Å². The molecule has 1 amide bonds. The zero-order chi connectivity index (χ0) is 13.8. The number of carbonyl (C=O) groups is 1. The molecule has 1 rings (SSSR count). The molecule has 0 heterocycles. The fraction of sp³-hybridized carbons (Fsp3) is 0.933. The van der Waals surface area contributed by atoms with Gasteiger partial charge in [0.1, 0.15) is 0 Å². The molecule has 0 radical (unpaired) electrons. The molecule has 0 spiro atoms. The molecule has 3 nitrogen and oxygen atoms in total. The second kappa shape index (κ2) is 6.55. The lowest BCUT2D eigenvalue weighted by Gasteiger charge is -2.20. The van der Waals surface area contributed by atoms with E-state index in [9.17, 15) is 4.79 Å². The number of rotatable bonds is 6. The molecule has 1 fully saturated rings. The lowest BCUT2D eigenvalue weighted by molar-refractivity contribution is -0.125. The van der Waals surface area contributed by atoms with Crippen molar-refractivity contribution in [3.05, 3.63) is 0 Å². The second-order valence-electron chi connectivity index (χ2n) is 6.92. The van der Waals surface area contributed by atoms with Gasteiger partial charge in [-0.15, -0.1) is 0 Å². The summed E-state index contributed by atoms with van der Waals surface area (Å²) in [7, 11) is 0. The van der Waals surface area contributed by atoms with Crippen LogP contribution in [0.25, 0.3) is 0 Å². The van der Waals surface area contributed by atoms with Crippen molar-refractivity contribution in [1.29, 1.82) is 0 Å². The van der Waals surface area contributed by atoms with E-state index in [0.29, 0.717) is 11.5 Å². The van der Waals surface area contributed by atoms with Crippen LogP contribution in [0.1, 0.15) is 66.2 Å². The van der Waals surface area contributed by atoms with Gasteiger partial charge in [0.2, 0.25) is 5.91 Å². The highest BCUT2D eigenvalue weighted by atomic mass is 16.1. The van der Waals surface area contributed by atoms with E-state index in [-0.39, 0.29) is 17.9 Å². The molecule has 0 bridgehead atoms. The molecule has 1 saturated carbocycles. The van der Waals surface area contributed by atoms with Crippen LogP contribution in [-0.2, 0) is 4.79 Å². The molecule has 0 aromatic rings. The van der Waals surface area contributed by atoms with Crippen molar-refractivity contribution < 1.29 is 4.79 Å². The summed E-state index contributed by atoms with van der Waals surface area (Å²) in [4.78, 5) is 12.0. The molecule has 3 unspecified atom stereocenters. The monoisotopic (exact) mass is 254 g/mol. The van der Waals surface area contributed by atoms with Crippen LogP contribution in [0.2, 0.25) is 0 Å². The molecule has 0 aliphatic heterocycles. The second-order valence-corrected chi connectivity index (χ2v) is 6.92. The Bertz CT molecular complexity index is 274. The zero-order valence-electron chi connectivity index (χ0n) is 12.5. The Morgan fingerprint density at radius 1 is 1.39 bits per heavy atom. The van der Waals surface area contributed by atoms with E-state index in [1.165, 1.54) is 6.42 Å². The molecule has 106 valence electrons. The van der Waals surface area contributed by atoms with Crippen LogP contribution < -0.4 is 11.1 Å². The summed E-state index contributed by atoms with van der Waals surface area (Å²) in [6.45, 7) is 8.61. The predicted octanol–water partition coefficient (Wildman–Crippen LogP) is 2.83. The van der Waals surface area contributed by atoms with E-state index in [1.54, 1.807) is 0 Å². The van der Waals surface area contributed by atoms with Gasteiger partial charge in [-0.3, -0.25) is 4.79 Å². The van der Waals surface area contributed by atoms with E-state index >= 15 is 0 Å². The quantitative estimate of drug-likeness (QED) is 0.766. The highest BCUT2D eigenvalue weighted by Gasteiger charge is 2.32. The van der Waals surface area contributed by atoms with Gasteiger partial charge in [0.05, 0.1) is 0 Å². The SMILES string of the molecule is CC(N)CCCC(C)C(=O)NC1CCC(C)(C)C1. The average Bonchev–Trinajstić information content (AvgIpc) is 2.57. The van der Waals surface area contributed by atoms with Crippen molar-refractivity contribution in [2.24, 2.45) is 17.1 Å². The van der Waals surface area contributed by atoms with Crippen LogP contribution in [0.4, 0.5) is 0 Å². The maximum absolute atomic E-state index is 12.0. The maximum Gasteiger partial charge on any atom is 0.223 e. The normalized spacial score (nSPS) is 25.7. The number of nitrogens with two attached hydrogens (primary N) is 1. The van der Waals surface area contributed by atoms with Crippen molar-refractivity contribution in [3.8, 4) is 0 Å². The number of hydrogen-bond acceptors (Lipinski definition) is 2. The minimum absolute atomic E-state index is 0.118. The van der Waals surface area contributed by atoms with Crippen molar-refractivity contribution >= 4 is 5.91 Å². The Kier molecular flexibility index (Phi) is 5.64. The summed E-state index contributed by atoms with van der Waals surface area (Å²) >= 11 is 0. The molecule has 1 aliphatic rings. The largest absolute Gasteiger partial charge is 0.353 e. The highest BCUT2D eigenvalue weighted by Crippen LogP contribution is 2.37. The smallest absolute Gasteiger partial charge is 0.223 e. The van der Waals surface area contributed by atoms with E-state index in [0.717, 1.165) is 32.1 Å². The molecule has 0 aromatic heterocycles. The van der Waals surface area contributed by atoms with Crippen LogP contribution in [0.15, 0.2) is 0 Å². The number of hydrogen-bond donors (Lipinski definition) is 2. The molecule has 3 atom stereocenters. The highest BCUT2D eigenvalue weighted by molar-refractivity contribution is 5.78. The summed E-state index contributed by atoms with van der Waals surface area (Å²) < 4.78 is 0. The van der Waals surface area contributed by atoms with Gasteiger partial charge in [0.15, 0.2) is 0 Å². The van der Waals surface area contributed by atoms with Crippen molar-refractivity contribution in [3.63, 3.8) is 0 Å². The van der Waals surface area contributed by atoms with Gasteiger partial charge < -0.3 is 11.1 Å². The molecular formula is C15H30N2O. The minimum atomic E-state index is 0.118. The summed E-state index contributed by atoms with van der Waals surface area (Å²) in [6.07, 6.45) is 6.47. The molecule has 3 N–H and O–H groups in total. The zero-order valence-corrected chi connectivity index (χ0v) is 12.5. The van der Waals surface area contributed by atoms with Gasteiger partial charge in [0, 0.05) is 18.0 Å². The van der Waals surface area contributed by atoms with Gasteiger partial charge in [-0.05, 0) is 44.4 Å². The van der Waals surface area contributed by atoms with E-state index in [1.807, 2.05) is 13.8 Å². The van der Waals surface area contributed by atoms with Crippen LogP contribution >= 0.6 is 0 Å². The van der Waals surface area contributed by atoms with E-state index in [2.05, 4.69) is 19.2 Å². The molecule has 0 aromatic carbocycles. The summed E-state index contributed by atoms with van der Waals surface area (Å²) in [5, 5.41) is 3.20. The topological polar surface area (TPSA) is 55.1 Å². The lowest BCUT2D eigenvalue weighted by Crippen LogP contribution is -2.37. The fourth-order valence-corrected chi connectivity index (χ4v) is 2.78. The first kappa shape index (κ1) is 15.5. The van der Waals surface area contributed by atoms with Crippen molar-refractivity contribution in [1.82, 2.24) is 5.32 Å². The number of nitrogens with one attached hydrogen (secondary N) is 1. The van der Waals surface area contributed by atoms with Crippen LogP contribution in [0.5, 0.6) is 0 Å². The van der Waals surface area contributed by atoms with E-state index in [4.69, 9.17) is 5.73 Å². The fourth-order valence-electron chi connectivity index (χ4n) is 2.78. The Balaban J connectivity index is 2.24. The first-order chi connectivity index (χ1) is 8.30. The Morgan fingerprint density at radius 2 is 2.06 bits per heavy atom. The van der Waals surface area contributed by atoms with Crippen LogP contribution in [0, 0.1) is 11.3 Å². The van der Waals surface area contributed by atoms with E-state index < -0.39 is 0 Å². The van der Waals surface area contributed by atoms with Gasteiger partial charge in [-0.1, -0.05) is 27.2 Å². The number of carbonyl (C=O) groups excluding carboxylic acids is 1. The van der Waals surface area contributed by atoms with Crippen molar-refractivity contribution in [2.75, 3.05) is 0 Å². The number of amides is 1. The van der Waals surface area contributed by atoms with Gasteiger partial charge in [0.25, 0.3) is 0 Å². The summed E-state index contributed by atoms with van der Waals surface area (Å²) in [5.41, 5.74) is 6.12. The maximum atomic E-state index is 12.0. The standard InChI is InChI=1S/C15H30N2O/c1-11(6-5-7-12(2)16)14(18)17-13-8-9-15(3,4)10-13/h11-13H,5-10,16H2,1-4H3,(H,17,18). The third-order valence-corrected chi connectivity index (χ3v) is 4.06. The Labute approximate surface area is 112 Å². The van der Waals surface area contributed by atoms with Gasteiger partial charge in [-0.25, -0.2) is 0 Å². The lowest BCUT2D eigenvalue weighted by atomic mass is 9.91. The predicted molar refractivity (Wildman–Crippen MR) is 76.2 cm³/mol. The molecule has 1 aliphatic carbocycles. The molecule has 18 heavy (non-hydrogen) atoms. The van der Waals surface area contributed by atoms with Gasteiger partial charge >= 0.3 is 0 Å². The molecule has 0 saturated heterocycles. The average molecular weight is 254 g/mol. The third-order valence-electron chi connectivity index (χ3n) is 4.06. The van der Waals surface area contributed by atoms with Crippen molar-refractivity contribution in [2.45, 2.75) is 78.3 Å². The first-order valence-corrected chi connectivity index (χ1v) is 7.36.